The van der Waals surface area contributed by atoms with Gasteiger partial charge in [0.15, 0.2) is 0 Å². The molecule has 1 atom stereocenters. The highest BCUT2D eigenvalue weighted by Gasteiger charge is 2.19. The summed E-state index contributed by atoms with van der Waals surface area (Å²) in [5.74, 6) is 0.102. The third-order valence-corrected chi connectivity index (χ3v) is 5.17. The lowest BCUT2D eigenvalue weighted by Gasteiger charge is -2.29. The van der Waals surface area contributed by atoms with Crippen LogP contribution < -0.4 is 5.32 Å². The Morgan fingerprint density at radius 3 is 2.67 bits per heavy atom. The van der Waals surface area contributed by atoms with E-state index in [0.717, 1.165) is 18.0 Å². The van der Waals surface area contributed by atoms with Crippen LogP contribution in [-0.2, 0) is 11.2 Å². The van der Waals surface area contributed by atoms with Gasteiger partial charge in [0.1, 0.15) is 0 Å². The normalized spacial score (nSPS) is 12.5. The van der Waals surface area contributed by atoms with Crippen LogP contribution in [0.5, 0.6) is 0 Å². The molecule has 0 aliphatic carbocycles. The highest BCUT2D eigenvalue weighted by Crippen LogP contribution is 2.22. The van der Waals surface area contributed by atoms with Gasteiger partial charge in [-0.05, 0) is 46.9 Å². The first-order valence-corrected chi connectivity index (χ1v) is 9.12. The summed E-state index contributed by atoms with van der Waals surface area (Å²) in [4.78, 5) is 15.6. The topological polar surface area (TPSA) is 32.3 Å². The third-order valence-electron chi connectivity index (χ3n) is 3.59. The quantitative estimate of drug-likeness (QED) is 0.806. The van der Waals surface area contributed by atoms with Crippen molar-refractivity contribution in [1.29, 1.82) is 0 Å². The number of thiophene rings is 2. The number of nitrogens with zero attached hydrogens (tertiary/aromatic N) is 1. The second-order valence-corrected chi connectivity index (χ2v) is 6.67. The number of rotatable bonds is 8. The molecule has 114 valence electrons. The number of carbonyl (C=O) groups is 1. The summed E-state index contributed by atoms with van der Waals surface area (Å²) < 4.78 is 0. The Balaban J connectivity index is 1.94. The molecule has 2 aromatic rings. The van der Waals surface area contributed by atoms with Gasteiger partial charge in [0.05, 0.1) is 12.5 Å². The molecule has 0 radical (unpaired) electrons. The van der Waals surface area contributed by atoms with E-state index in [2.05, 4.69) is 40.9 Å². The lowest BCUT2D eigenvalue weighted by atomic mass is 10.1. The van der Waals surface area contributed by atoms with E-state index >= 15 is 0 Å². The zero-order valence-electron chi connectivity index (χ0n) is 12.5. The second-order valence-electron chi connectivity index (χ2n) is 4.85. The number of likely N-dealkylation sites (N-methyl/N-ethyl adjacent to an activating group) is 1. The van der Waals surface area contributed by atoms with Gasteiger partial charge in [-0.3, -0.25) is 9.69 Å². The summed E-state index contributed by atoms with van der Waals surface area (Å²) in [6.45, 7) is 6.96. The van der Waals surface area contributed by atoms with Crippen LogP contribution in [0.15, 0.2) is 34.3 Å². The first-order valence-electron chi connectivity index (χ1n) is 7.29. The second kappa shape index (κ2) is 8.32. The number of nitrogens with one attached hydrogen (secondary N) is 1. The Bertz CT molecular complexity index is 518. The van der Waals surface area contributed by atoms with Crippen molar-refractivity contribution in [1.82, 2.24) is 10.2 Å². The molecule has 21 heavy (non-hydrogen) atoms. The molecule has 0 aromatic carbocycles. The fourth-order valence-corrected chi connectivity index (χ4v) is 3.84. The Kier molecular flexibility index (Phi) is 6.42. The smallest absolute Gasteiger partial charge is 0.225 e. The summed E-state index contributed by atoms with van der Waals surface area (Å²) in [5.41, 5.74) is 1.29. The van der Waals surface area contributed by atoms with Gasteiger partial charge in [-0.1, -0.05) is 19.9 Å². The monoisotopic (exact) mass is 322 g/mol. The molecule has 3 nitrogen and oxygen atoms in total. The molecular formula is C16H22N2OS2. The van der Waals surface area contributed by atoms with Crippen molar-refractivity contribution >= 4 is 28.6 Å². The molecule has 1 N–H and O–H groups in total. The number of hydrogen-bond acceptors (Lipinski definition) is 4. The van der Waals surface area contributed by atoms with E-state index in [-0.39, 0.29) is 11.9 Å². The molecule has 0 unspecified atom stereocenters. The minimum Gasteiger partial charge on any atom is -0.354 e. The molecular weight excluding hydrogens is 300 g/mol. The summed E-state index contributed by atoms with van der Waals surface area (Å²) >= 11 is 3.34. The molecule has 2 aromatic heterocycles. The van der Waals surface area contributed by atoms with Gasteiger partial charge < -0.3 is 5.32 Å². The average Bonchev–Trinajstić information content (AvgIpc) is 3.16. The van der Waals surface area contributed by atoms with E-state index in [1.54, 1.807) is 22.7 Å². The lowest BCUT2D eigenvalue weighted by Crippen LogP contribution is -2.38. The zero-order valence-corrected chi connectivity index (χ0v) is 14.2. The maximum Gasteiger partial charge on any atom is 0.225 e. The summed E-state index contributed by atoms with van der Waals surface area (Å²) in [5, 5.41) is 9.37. The predicted octanol–water partition coefficient (Wildman–Crippen LogP) is 3.55. The molecule has 0 saturated heterocycles. The zero-order chi connectivity index (χ0) is 15.1. The molecule has 0 bridgehead atoms. The minimum absolute atomic E-state index is 0.102. The van der Waals surface area contributed by atoms with Crippen molar-refractivity contribution in [3.8, 4) is 0 Å². The molecule has 5 heteroatoms. The Morgan fingerprint density at radius 1 is 1.29 bits per heavy atom. The van der Waals surface area contributed by atoms with E-state index < -0.39 is 0 Å². The van der Waals surface area contributed by atoms with Crippen LogP contribution in [0.3, 0.4) is 0 Å². The average molecular weight is 322 g/mol. The van der Waals surface area contributed by atoms with Crippen molar-refractivity contribution in [2.24, 2.45) is 0 Å². The van der Waals surface area contributed by atoms with E-state index in [1.807, 2.05) is 17.5 Å². The first kappa shape index (κ1) is 16.2. The Hall–Kier alpha value is -1.17. The molecule has 0 aliphatic heterocycles. The van der Waals surface area contributed by atoms with Crippen LogP contribution in [0, 0.1) is 0 Å². The lowest BCUT2D eigenvalue weighted by molar-refractivity contribution is -0.120. The Morgan fingerprint density at radius 2 is 2.10 bits per heavy atom. The summed E-state index contributed by atoms with van der Waals surface area (Å²) in [6, 6.07) is 6.40. The van der Waals surface area contributed by atoms with E-state index in [4.69, 9.17) is 0 Å². The van der Waals surface area contributed by atoms with E-state index in [9.17, 15) is 4.79 Å². The van der Waals surface area contributed by atoms with Crippen LogP contribution >= 0.6 is 22.7 Å². The Labute approximate surface area is 134 Å². The third kappa shape index (κ3) is 4.66. The number of amides is 1. The first-order chi connectivity index (χ1) is 10.2. The fraction of sp³-hybridized carbons (Fsp3) is 0.438. The summed E-state index contributed by atoms with van der Waals surface area (Å²) in [6.07, 6.45) is 0.478. The molecule has 2 heterocycles. The molecule has 0 spiro atoms. The maximum atomic E-state index is 12.1. The van der Waals surface area contributed by atoms with Gasteiger partial charge in [0, 0.05) is 11.4 Å². The fourth-order valence-electron chi connectivity index (χ4n) is 2.43. The van der Waals surface area contributed by atoms with E-state index in [0.29, 0.717) is 13.0 Å². The molecule has 0 fully saturated rings. The van der Waals surface area contributed by atoms with Crippen LogP contribution in [0.4, 0.5) is 0 Å². The minimum atomic E-state index is 0.102. The SMILES string of the molecule is CCN(CC)[C@H](CNC(=O)Cc1cccs1)c1ccsc1. The van der Waals surface area contributed by atoms with E-state index in [1.165, 1.54) is 5.56 Å². The van der Waals surface area contributed by atoms with Crippen molar-refractivity contribution in [2.45, 2.75) is 26.3 Å². The predicted molar refractivity (Wildman–Crippen MR) is 91.0 cm³/mol. The largest absolute Gasteiger partial charge is 0.354 e. The molecule has 0 saturated carbocycles. The van der Waals surface area contributed by atoms with Crippen molar-refractivity contribution < 1.29 is 4.79 Å². The van der Waals surface area contributed by atoms with Crippen molar-refractivity contribution in [3.05, 3.63) is 44.8 Å². The molecule has 2 rings (SSSR count). The van der Waals surface area contributed by atoms with Crippen molar-refractivity contribution in [2.75, 3.05) is 19.6 Å². The highest BCUT2D eigenvalue weighted by molar-refractivity contribution is 7.10. The van der Waals surface area contributed by atoms with Crippen LogP contribution in [0.2, 0.25) is 0 Å². The van der Waals surface area contributed by atoms with Gasteiger partial charge in [-0.15, -0.1) is 11.3 Å². The van der Waals surface area contributed by atoms with Gasteiger partial charge in [0.25, 0.3) is 0 Å². The van der Waals surface area contributed by atoms with Gasteiger partial charge in [-0.25, -0.2) is 0 Å². The standard InChI is InChI=1S/C16H22N2OS2/c1-3-18(4-2)15(13-7-9-20-12-13)11-17-16(19)10-14-6-5-8-21-14/h5-9,12,15H,3-4,10-11H2,1-2H3,(H,17,19)/t15-/m1/s1. The maximum absolute atomic E-state index is 12.1. The van der Waals surface area contributed by atoms with Gasteiger partial charge in [-0.2, -0.15) is 11.3 Å². The highest BCUT2D eigenvalue weighted by atomic mass is 32.1. The number of carbonyl (C=O) groups excluding carboxylic acids is 1. The van der Waals surface area contributed by atoms with Crippen LogP contribution in [0.1, 0.15) is 30.3 Å². The van der Waals surface area contributed by atoms with Crippen LogP contribution in [-0.4, -0.2) is 30.4 Å². The van der Waals surface area contributed by atoms with Crippen LogP contribution in [0.25, 0.3) is 0 Å². The van der Waals surface area contributed by atoms with Gasteiger partial charge >= 0.3 is 0 Å². The molecule has 1 amide bonds. The van der Waals surface area contributed by atoms with Gasteiger partial charge in [0.2, 0.25) is 5.91 Å². The number of hydrogen-bond donors (Lipinski definition) is 1. The van der Waals surface area contributed by atoms with Crippen molar-refractivity contribution in [3.63, 3.8) is 0 Å². The molecule has 0 aliphatic rings. The summed E-state index contributed by atoms with van der Waals surface area (Å²) in [7, 11) is 0.